The highest BCUT2D eigenvalue weighted by molar-refractivity contribution is 5.52. The van der Waals surface area contributed by atoms with Crippen LogP contribution in [-0.2, 0) is 0 Å². The predicted molar refractivity (Wildman–Crippen MR) is 68.6 cm³/mol. The van der Waals surface area contributed by atoms with E-state index in [4.69, 9.17) is 15.3 Å². The average Bonchev–Trinajstić information content (AvgIpc) is 2.47. The van der Waals surface area contributed by atoms with Crippen molar-refractivity contribution in [2.24, 2.45) is 0 Å². The van der Waals surface area contributed by atoms with Gasteiger partial charge in [0.1, 0.15) is 17.4 Å². The summed E-state index contributed by atoms with van der Waals surface area (Å²) in [5.41, 5.74) is -0.956. The lowest BCUT2D eigenvalue weighted by Crippen LogP contribution is -2.30. The first kappa shape index (κ1) is 13.1. The standard InChI is InChI=1S/C13H8N4O3/c1-20-11-4-8(5-14)2-3-10(11)17-7-9(6-15)12(18)16-13(17)19/h2-4,7H,1H3,(H,16,18,19). The second-order valence-corrected chi connectivity index (χ2v) is 3.78. The van der Waals surface area contributed by atoms with E-state index in [-0.39, 0.29) is 11.3 Å². The van der Waals surface area contributed by atoms with Crippen LogP contribution in [0.5, 0.6) is 5.75 Å². The van der Waals surface area contributed by atoms with Gasteiger partial charge in [0.05, 0.1) is 24.4 Å². The maximum Gasteiger partial charge on any atom is 0.333 e. The van der Waals surface area contributed by atoms with Crippen LogP contribution in [0.25, 0.3) is 5.69 Å². The molecule has 0 atom stereocenters. The molecule has 0 aliphatic carbocycles. The van der Waals surface area contributed by atoms with E-state index in [1.807, 2.05) is 11.1 Å². The lowest BCUT2D eigenvalue weighted by atomic mass is 10.2. The third-order valence-electron chi connectivity index (χ3n) is 2.63. The Bertz CT molecular complexity index is 865. The molecule has 0 aliphatic rings. The molecule has 0 aliphatic heterocycles. The lowest BCUT2D eigenvalue weighted by molar-refractivity contribution is 0.412. The van der Waals surface area contributed by atoms with Gasteiger partial charge < -0.3 is 4.74 Å². The zero-order valence-electron chi connectivity index (χ0n) is 10.4. The molecule has 98 valence electrons. The minimum absolute atomic E-state index is 0.198. The Kier molecular flexibility index (Phi) is 3.36. The van der Waals surface area contributed by atoms with Gasteiger partial charge in [0.15, 0.2) is 0 Å². The van der Waals surface area contributed by atoms with Crippen LogP contribution in [0, 0.1) is 22.7 Å². The van der Waals surface area contributed by atoms with E-state index in [1.165, 1.54) is 25.3 Å². The highest BCUT2D eigenvalue weighted by atomic mass is 16.5. The van der Waals surface area contributed by atoms with Crippen LogP contribution in [0.15, 0.2) is 34.0 Å². The van der Waals surface area contributed by atoms with Gasteiger partial charge in [-0.3, -0.25) is 14.3 Å². The third kappa shape index (κ3) is 2.16. The number of hydrogen-bond donors (Lipinski definition) is 1. The summed E-state index contributed by atoms with van der Waals surface area (Å²) in [7, 11) is 1.39. The molecule has 2 rings (SSSR count). The van der Waals surface area contributed by atoms with E-state index in [0.29, 0.717) is 11.3 Å². The third-order valence-corrected chi connectivity index (χ3v) is 2.63. The molecule has 0 saturated carbocycles. The molecule has 7 nitrogen and oxygen atoms in total. The molecule has 0 radical (unpaired) electrons. The fourth-order valence-corrected chi connectivity index (χ4v) is 1.68. The predicted octanol–water partition coefficient (Wildman–Crippen LogP) is 0.278. The van der Waals surface area contributed by atoms with Crippen LogP contribution >= 0.6 is 0 Å². The molecule has 0 spiro atoms. The summed E-state index contributed by atoms with van der Waals surface area (Å²) in [5, 5.41) is 17.7. The molecule has 0 amide bonds. The molecule has 2 aromatic rings. The summed E-state index contributed by atoms with van der Waals surface area (Å²) in [6, 6.07) is 8.10. The number of nitriles is 2. The Morgan fingerprint density at radius 3 is 2.60 bits per heavy atom. The van der Waals surface area contributed by atoms with E-state index in [9.17, 15) is 9.59 Å². The highest BCUT2D eigenvalue weighted by Gasteiger charge is 2.11. The number of H-pyrrole nitrogens is 1. The van der Waals surface area contributed by atoms with Crippen LogP contribution in [0.4, 0.5) is 0 Å². The molecule has 1 aromatic carbocycles. The molecule has 1 N–H and O–H groups in total. The number of hydrogen-bond acceptors (Lipinski definition) is 5. The van der Waals surface area contributed by atoms with Crippen LogP contribution in [-0.4, -0.2) is 16.7 Å². The molecule has 1 aromatic heterocycles. The summed E-state index contributed by atoms with van der Waals surface area (Å²) in [4.78, 5) is 25.2. The second-order valence-electron chi connectivity index (χ2n) is 3.78. The average molecular weight is 268 g/mol. The topological polar surface area (TPSA) is 112 Å². The van der Waals surface area contributed by atoms with Crippen LogP contribution in [0.1, 0.15) is 11.1 Å². The first-order valence-corrected chi connectivity index (χ1v) is 5.45. The van der Waals surface area contributed by atoms with Gasteiger partial charge in [-0.1, -0.05) is 0 Å². The zero-order valence-corrected chi connectivity index (χ0v) is 10.4. The summed E-state index contributed by atoms with van der Waals surface area (Å²) < 4.78 is 6.20. The number of ether oxygens (including phenoxy) is 1. The lowest BCUT2D eigenvalue weighted by Gasteiger charge is -2.10. The largest absolute Gasteiger partial charge is 0.495 e. The molecular formula is C13H8N4O3. The van der Waals surface area contributed by atoms with Crippen LogP contribution in [0.2, 0.25) is 0 Å². The smallest absolute Gasteiger partial charge is 0.333 e. The van der Waals surface area contributed by atoms with Gasteiger partial charge in [-0.15, -0.1) is 0 Å². The van der Waals surface area contributed by atoms with Crippen molar-refractivity contribution in [1.82, 2.24) is 9.55 Å². The van der Waals surface area contributed by atoms with Crippen molar-refractivity contribution in [3.05, 3.63) is 56.4 Å². The first-order valence-electron chi connectivity index (χ1n) is 5.45. The number of aromatic amines is 1. The van der Waals surface area contributed by atoms with E-state index in [1.54, 1.807) is 6.07 Å². The number of benzene rings is 1. The number of nitrogens with zero attached hydrogens (tertiary/aromatic N) is 3. The molecular weight excluding hydrogens is 260 g/mol. The van der Waals surface area contributed by atoms with Crippen molar-refractivity contribution >= 4 is 0 Å². The monoisotopic (exact) mass is 268 g/mol. The van der Waals surface area contributed by atoms with Gasteiger partial charge >= 0.3 is 5.69 Å². The molecule has 7 heteroatoms. The Balaban J connectivity index is 2.76. The van der Waals surface area contributed by atoms with Gasteiger partial charge in [-0.2, -0.15) is 10.5 Å². The Morgan fingerprint density at radius 1 is 1.25 bits per heavy atom. The highest BCUT2D eigenvalue weighted by Crippen LogP contribution is 2.22. The Labute approximate surface area is 112 Å². The first-order chi connectivity index (χ1) is 9.60. The fourth-order valence-electron chi connectivity index (χ4n) is 1.68. The summed E-state index contributed by atoms with van der Waals surface area (Å²) in [6.07, 6.45) is 1.13. The molecule has 0 fully saturated rings. The fraction of sp³-hybridized carbons (Fsp3) is 0.0769. The number of aromatic nitrogens is 2. The van der Waals surface area contributed by atoms with Gasteiger partial charge in [0, 0.05) is 12.3 Å². The van der Waals surface area contributed by atoms with Crippen molar-refractivity contribution < 1.29 is 4.74 Å². The maximum atomic E-state index is 11.8. The van der Waals surface area contributed by atoms with Crippen molar-refractivity contribution in [2.75, 3.05) is 7.11 Å². The minimum atomic E-state index is -0.749. The summed E-state index contributed by atoms with van der Waals surface area (Å²) >= 11 is 0. The van der Waals surface area contributed by atoms with Gasteiger partial charge in [-0.25, -0.2) is 4.79 Å². The summed E-state index contributed by atoms with van der Waals surface area (Å²) in [5.74, 6) is 0.280. The SMILES string of the molecule is COc1cc(C#N)ccc1-n1cc(C#N)c(=O)[nH]c1=O. The van der Waals surface area contributed by atoms with Crippen molar-refractivity contribution in [3.63, 3.8) is 0 Å². The normalized spacial score (nSPS) is 9.55. The van der Waals surface area contributed by atoms with Crippen LogP contribution in [0.3, 0.4) is 0 Å². The van der Waals surface area contributed by atoms with Crippen molar-refractivity contribution in [3.8, 4) is 23.6 Å². The number of rotatable bonds is 2. The number of methoxy groups -OCH3 is 1. The zero-order chi connectivity index (χ0) is 14.7. The van der Waals surface area contributed by atoms with E-state index < -0.39 is 11.2 Å². The minimum Gasteiger partial charge on any atom is -0.495 e. The van der Waals surface area contributed by atoms with Crippen molar-refractivity contribution in [1.29, 1.82) is 10.5 Å². The van der Waals surface area contributed by atoms with E-state index in [0.717, 1.165) is 10.8 Å². The second kappa shape index (κ2) is 5.12. The molecule has 0 saturated heterocycles. The van der Waals surface area contributed by atoms with Gasteiger partial charge in [0.2, 0.25) is 0 Å². The van der Waals surface area contributed by atoms with E-state index >= 15 is 0 Å². The quantitative estimate of drug-likeness (QED) is 0.840. The van der Waals surface area contributed by atoms with Gasteiger partial charge in [-0.05, 0) is 12.1 Å². The van der Waals surface area contributed by atoms with Crippen molar-refractivity contribution in [2.45, 2.75) is 0 Å². The maximum absolute atomic E-state index is 11.8. The van der Waals surface area contributed by atoms with Crippen LogP contribution < -0.4 is 16.0 Å². The number of nitrogens with one attached hydrogen (secondary N) is 1. The Hall–Kier alpha value is -3.32. The Morgan fingerprint density at radius 2 is 2.00 bits per heavy atom. The molecule has 0 bridgehead atoms. The molecule has 20 heavy (non-hydrogen) atoms. The summed E-state index contributed by atoms with van der Waals surface area (Å²) in [6.45, 7) is 0. The molecule has 1 heterocycles. The van der Waals surface area contributed by atoms with Gasteiger partial charge in [0.25, 0.3) is 5.56 Å². The molecule has 0 unspecified atom stereocenters. The van der Waals surface area contributed by atoms with E-state index in [2.05, 4.69) is 0 Å².